The van der Waals surface area contributed by atoms with E-state index in [1.165, 1.54) is 34.0 Å². The number of nitro groups is 1. The van der Waals surface area contributed by atoms with Gasteiger partial charge in [-0.2, -0.15) is 0 Å². The van der Waals surface area contributed by atoms with Crippen LogP contribution in [0.25, 0.3) is 0 Å². The lowest BCUT2D eigenvalue weighted by molar-refractivity contribution is -0.384. The van der Waals surface area contributed by atoms with E-state index in [9.17, 15) is 10.1 Å². The van der Waals surface area contributed by atoms with Crippen molar-refractivity contribution >= 4 is 34.4 Å². The van der Waals surface area contributed by atoms with Crippen LogP contribution in [0.1, 0.15) is 21.7 Å². The molecule has 5 nitrogen and oxygen atoms in total. The summed E-state index contributed by atoms with van der Waals surface area (Å²) in [6.45, 7) is 0.549. The second kappa shape index (κ2) is 5.38. The summed E-state index contributed by atoms with van der Waals surface area (Å²) in [4.78, 5) is 17.1. The monoisotopic (exact) mass is 309 g/mol. The molecule has 1 N–H and O–H groups in total. The minimum atomic E-state index is -0.477. The molecule has 0 saturated carbocycles. The zero-order valence-electron chi connectivity index (χ0n) is 10.6. The van der Waals surface area contributed by atoms with Gasteiger partial charge in [0.25, 0.3) is 0 Å². The van der Waals surface area contributed by atoms with Crippen LogP contribution in [0.5, 0.6) is 0 Å². The van der Waals surface area contributed by atoms with E-state index in [2.05, 4.69) is 16.4 Å². The second-order valence-electron chi connectivity index (χ2n) is 4.65. The SMILES string of the molecule is O=[N+]([O-])c1cc(Cl)cnc1NCc1cc2c(s1)CCC2. The molecule has 2 aromatic rings. The summed E-state index contributed by atoms with van der Waals surface area (Å²) in [7, 11) is 0. The largest absolute Gasteiger partial charge is 0.359 e. The Hall–Kier alpha value is -1.66. The Morgan fingerprint density at radius 2 is 2.30 bits per heavy atom. The molecular formula is C13H12ClN3O2S. The Balaban J connectivity index is 1.76. The Labute approximate surface area is 124 Å². The average Bonchev–Trinajstić information content (AvgIpc) is 2.97. The zero-order chi connectivity index (χ0) is 14.1. The van der Waals surface area contributed by atoms with Gasteiger partial charge in [0.05, 0.1) is 16.5 Å². The van der Waals surface area contributed by atoms with Crippen molar-refractivity contribution in [2.24, 2.45) is 0 Å². The first-order chi connectivity index (χ1) is 9.63. The van der Waals surface area contributed by atoms with Crippen LogP contribution in [0.15, 0.2) is 18.3 Å². The van der Waals surface area contributed by atoms with Crippen molar-refractivity contribution in [2.45, 2.75) is 25.8 Å². The standard InChI is InChI=1S/C13H12ClN3O2S/c14-9-5-11(17(18)19)13(15-6-9)16-7-10-4-8-2-1-3-12(8)20-10/h4-6H,1-3,7H2,(H,15,16). The Bertz CT molecular complexity index is 650. The maximum Gasteiger partial charge on any atom is 0.312 e. The van der Waals surface area contributed by atoms with Gasteiger partial charge in [-0.1, -0.05) is 11.6 Å². The summed E-state index contributed by atoms with van der Waals surface area (Å²) in [5, 5.41) is 14.3. The van der Waals surface area contributed by atoms with Crippen molar-refractivity contribution in [1.82, 2.24) is 4.98 Å². The number of nitrogens with one attached hydrogen (secondary N) is 1. The molecule has 7 heteroatoms. The molecule has 0 amide bonds. The van der Waals surface area contributed by atoms with Gasteiger partial charge < -0.3 is 5.32 Å². The molecule has 2 heterocycles. The van der Waals surface area contributed by atoms with E-state index >= 15 is 0 Å². The number of rotatable bonds is 4. The smallest absolute Gasteiger partial charge is 0.312 e. The van der Waals surface area contributed by atoms with Gasteiger partial charge in [-0.3, -0.25) is 10.1 Å². The van der Waals surface area contributed by atoms with Crippen molar-refractivity contribution in [1.29, 1.82) is 0 Å². The van der Waals surface area contributed by atoms with Gasteiger partial charge in [-0.15, -0.1) is 11.3 Å². The Morgan fingerprint density at radius 3 is 3.05 bits per heavy atom. The third-order valence-corrected chi connectivity index (χ3v) is 4.70. The number of pyridine rings is 1. The molecule has 3 rings (SSSR count). The van der Waals surface area contributed by atoms with Crippen molar-refractivity contribution in [3.8, 4) is 0 Å². The van der Waals surface area contributed by atoms with Crippen LogP contribution >= 0.6 is 22.9 Å². The normalized spacial score (nSPS) is 13.2. The fourth-order valence-corrected chi connectivity index (χ4v) is 3.71. The quantitative estimate of drug-likeness (QED) is 0.689. The van der Waals surface area contributed by atoms with Crippen LogP contribution in [0, 0.1) is 10.1 Å². The van der Waals surface area contributed by atoms with Crippen molar-refractivity contribution in [2.75, 3.05) is 5.32 Å². The van der Waals surface area contributed by atoms with E-state index in [1.54, 1.807) is 11.3 Å². The molecule has 0 aromatic carbocycles. The molecule has 0 atom stereocenters. The van der Waals surface area contributed by atoms with Gasteiger partial charge in [-0.25, -0.2) is 4.98 Å². The third kappa shape index (κ3) is 2.62. The Morgan fingerprint density at radius 1 is 1.45 bits per heavy atom. The third-order valence-electron chi connectivity index (χ3n) is 3.26. The van der Waals surface area contributed by atoms with E-state index in [4.69, 9.17) is 11.6 Å². The highest BCUT2D eigenvalue weighted by Gasteiger charge is 2.18. The van der Waals surface area contributed by atoms with Crippen LogP contribution in [-0.4, -0.2) is 9.91 Å². The molecule has 1 aliphatic carbocycles. The van der Waals surface area contributed by atoms with E-state index in [-0.39, 0.29) is 16.5 Å². The summed E-state index contributed by atoms with van der Waals surface area (Å²) in [6, 6.07) is 3.49. The molecule has 104 valence electrons. The Kier molecular flexibility index (Phi) is 3.58. The first kappa shape index (κ1) is 13.3. The summed E-state index contributed by atoms with van der Waals surface area (Å²) in [6.07, 6.45) is 4.94. The number of hydrogen-bond acceptors (Lipinski definition) is 5. The summed E-state index contributed by atoms with van der Waals surface area (Å²) in [5.41, 5.74) is 1.33. The van der Waals surface area contributed by atoms with Gasteiger partial charge in [0, 0.05) is 22.0 Å². The molecule has 1 aliphatic rings. The van der Waals surface area contributed by atoms with Crippen LogP contribution in [0.4, 0.5) is 11.5 Å². The maximum absolute atomic E-state index is 11.0. The van der Waals surface area contributed by atoms with Crippen molar-refractivity contribution in [3.63, 3.8) is 0 Å². The van der Waals surface area contributed by atoms with E-state index < -0.39 is 4.92 Å². The molecule has 2 aromatic heterocycles. The highest BCUT2D eigenvalue weighted by molar-refractivity contribution is 7.12. The highest BCUT2D eigenvalue weighted by Crippen LogP contribution is 2.31. The molecule has 0 unspecified atom stereocenters. The fraction of sp³-hybridized carbons (Fsp3) is 0.308. The van der Waals surface area contributed by atoms with Gasteiger partial charge >= 0.3 is 5.69 Å². The topological polar surface area (TPSA) is 68.1 Å². The average molecular weight is 310 g/mol. The molecule has 0 saturated heterocycles. The van der Waals surface area contributed by atoms with Crippen LogP contribution in [0.3, 0.4) is 0 Å². The lowest BCUT2D eigenvalue weighted by Gasteiger charge is -2.05. The van der Waals surface area contributed by atoms with Gasteiger partial charge in [-0.05, 0) is 30.9 Å². The highest BCUT2D eigenvalue weighted by atomic mass is 35.5. The summed E-state index contributed by atoms with van der Waals surface area (Å²) in [5.74, 6) is 0.257. The first-order valence-electron chi connectivity index (χ1n) is 6.28. The number of nitrogens with zero attached hydrogens (tertiary/aromatic N) is 2. The fourth-order valence-electron chi connectivity index (χ4n) is 2.35. The van der Waals surface area contributed by atoms with Gasteiger partial charge in [0.1, 0.15) is 0 Å². The minimum Gasteiger partial charge on any atom is -0.359 e. The number of fused-ring (bicyclic) bond motifs is 1. The van der Waals surface area contributed by atoms with E-state index in [1.807, 2.05) is 0 Å². The van der Waals surface area contributed by atoms with Crippen LogP contribution in [0.2, 0.25) is 5.02 Å². The number of anilines is 1. The zero-order valence-corrected chi connectivity index (χ0v) is 12.1. The number of hydrogen-bond donors (Lipinski definition) is 1. The lowest BCUT2D eigenvalue weighted by Crippen LogP contribution is -2.03. The molecule has 0 bridgehead atoms. The van der Waals surface area contributed by atoms with Crippen LogP contribution in [-0.2, 0) is 19.4 Å². The molecule has 0 spiro atoms. The molecule has 0 radical (unpaired) electrons. The van der Waals surface area contributed by atoms with Crippen molar-refractivity contribution in [3.05, 3.63) is 48.8 Å². The van der Waals surface area contributed by atoms with Gasteiger partial charge in [0.15, 0.2) is 0 Å². The predicted molar refractivity (Wildman–Crippen MR) is 79.6 cm³/mol. The number of aryl methyl sites for hydroxylation is 2. The lowest BCUT2D eigenvalue weighted by atomic mass is 10.2. The number of aromatic nitrogens is 1. The molecule has 0 aliphatic heterocycles. The molecule has 20 heavy (non-hydrogen) atoms. The number of halogens is 1. The molecule has 0 fully saturated rings. The number of thiophene rings is 1. The van der Waals surface area contributed by atoms with Crippen molar-refractivity contribution < 1.29 is 4.92 Å². The van der Waals surface area contributed by atoms with E-state index in [0.29, 0.717) is 6.54 Å². The van der Waals surface area contributed by atoms with Crippen LogP contribution < -0.4 is 5.32 Å². The summed E-state index contributed by atoms with van der Waals surface area (Å²) < 4.78 is 0. The predicted octanol–water partition coefficient (Wildman–Crippen LogP) is 3.81. The first-order valence-corrected chi connectivity index (χ1v) is 7.47. The minimum absolute atomic E-state index is 0.0957. The molecular weight excluding hydrogens is 298 g/mol. The summed E-state index contributed by atoms with van der Waals surface area (Å²) >= 11 is 7.51. The van der Waals surface area contributed by atoms with Gasteiger partial charge in [0.2, 0.25) is 5.82 Å². The van der Waals surface area contributed by atoms with E-state index in [0.717, 1.165) is 12.8 Å². The maximum atomic E-state index is 11.0. The second-order valence-corrected chi connectivity index (χ2v) is 6.30.